The van der Waals surface area contributed by atoms with E-state index in [0.29, 0.717) is 12.0 Å². The number of hydrogen-bond acceptors (Lipinski definition) is 6. The quantitative estimate of drug-likeness (QED) is 0.758. The Morgan fingerprint density at radius 3 is 2.70 bits per heavy atom. The second-order valence-electron chi connectivity index (χ2n) is 8.43. The van der Waals surface area contributed by atoms with Crippen molar-refractivity contribution in [2.24, 2.45) is 5.92 Å². The average Bonchev–Trinajstić information content (AvgIpc) is 3.26. The Balaban J connectivity index is 1.23. The van der Waals surface area contributed by atoms with E-state index in [0.717, 1.165) is 35.4 Å². The highest BCUT2D eigenvalue weighted by atomic mass is 32.2. The van der Waals surface area contributed by atoms with Gasteiger partial charge in [0.05, 0.1) is 22.3 Å². The van der Waals surface area contributed by atoms with Crippen LogP contribution in [0.4, 0.5) is 5.69 Å². The maximum absolute atomic E-state index is 12.9. The largest absolute Gasteiger partial charge is 0.378 e. The number of benzene rings is 1. The van der Waals surface area contributed by atoms with Crippen LogP contribution in [0.2, 0.25) is 0 Å². The summed E-state index contributed by atoms with van der Waals surface area (Å²) >= 11 is 3.33. The lowest BCUT2D eigenvalue weighted by atomic mass is 9.79. The van der Waals surface area contributed by atoms with Gasteiger partial charge in [0.2, 0.25) is 0 Å². The van der Waals surface area contributed by atoms with Crippen molar-refractivity contribution in [2.75, 3.05) is 44.3 Å². The molecule has 30 heavy (non-hydrogen) atoms. The highest BCUT2D eigenvalue weighted by molar-refractivity contribution is 8.01. The van der Waals surface area contributed by atoms with Crippen LogP contribution in [0.25, 0.3) is 0 Å². The van der Waals surface area contributed by atoms with Crippen molar-refractivity contribution in [2.45, 2.75) is 41.0 Å². The van der Waals surface area contributed by atoms with E-state index in [9.17, 15) is 4.79 Å². The summed E-state index contributed by atoms with van der Waals surface area (Å²) in [6, 6.07) is 13.4. The molecule has 2 atom stereocenters. The molecule has 7 heteroatoms. The van der Waals surface area contributed by atoms with Gasteiger partial charge in [-0.25, -0.2) is 0 Å². The number of thiophene rings is 1. The standard InChI is InChI=1S/C23H29N3O2S2/c1-16-22(17-7-9-25(16)10-8-17)24-23(27)20-5-6-21(30-20)29-19-4-2-3-18(15-19)26-11-13-28-14-12-26/h2-6,15-17,22H,7-14H2,1H3,(H,24,27)/t16-,22-/m0/s1. The minimum atomic E-state index is 0.0829. The first kappa shape index (κ1) is 20.4. The van der Waals surface area contributed by atoms with Crippen molar-refractivity contribution < 1.29 is 9.53 Å². The second kappa shape index (κ2) is 8.91. The van der Waals surface area contributed by atoms with E-state index in [1.165, 1.54) is 36.5 Å². The fourth-order valence-corrected chi connectivity index (χ4v) is 7.01. The molecule has 4 fully saturated rings. The Morgan fingerprint density at radius 2 is 1.93 bits per heavy atom. The molecule has 4 saturated heterocycles. The van der Waals surface area contributed by atoms with Gasteiger partial charge in [-0.05, 0) is 69.1 Å². The summed E-state index contributed by atoms with van der Waals surface area (Å²) in [6.45, 7) is 8.08. The van der Waals surface area contributed by atoms with Gasteiger partial charge >= 0.3 is 0 Å². The van der Waals surface area contributed by atoms with Gasteiger partial charge in [-0.15, -0.1) is 11.3 Å². The Labute approximate surface area is 186 Å². The van der Waals surface area contributed by atoms with Crippen LogP contribution in [-0.2, 0) is 4.74 Å². The number of morpholine rings is 1. The minimum absolute atomic E-state index is 0.0829. The lowest BCUT2D eigenvalue weighted by molar-refractivity contribution is 0.0218. The number of anilines is 1. The van der Waals surface area contributed by atoms with E-state index in [1.54, 1.807) is 23.1 Å². The molecule has 4 aliphatic heterocycles. The van der Waals surface area contributed by atoms with Gasteiger partial charge in [0, 0.05) is 35.8 Å². The summed E-state index contributed by atoms with van der Waals surface area (Å²) in [6.07, 6.45) is 2.42. The predicted molar refractivity (Wildman–Crippen MR) is 123 cm³/mol. The van der Waals surface area contributed by atoms with E-state index >= 15 is 0 Å². The summed E-state index contributed by atoms with van der Waals surface area (Å²) in [5, 5.41) is 3.35. The molecular weight excluding hydrogens is 414 g/mol. The Morgan fingerprint density at radius 1 is 1.13 bits per heavy atom. The lowest BCUT2D eigenvalue weighted by Crippen LogP contribution is -2.62. The third-order valence-corrected chi connectivity index (χ3v) is 8.90. The van der Waals surface area contributed by atoms with Crippen LogP contribution in [0.1, 0.15) is 29.4 Å². The van der Waals surface area contributed by atoms with E-state index in [-0.39, 0.29) is 11.9 Å². The highest BCUT2D eigenvalue weighted by Gasteiger charge is 2.40. The molecule has 5 heterocycles. The van der Waals surface area contributed by atoms with Crippen LogP contribution in [-0.4, -0.2) is 62.3 Å². The predicted octanol–water partition coefficient (Wildman–Crippen LogP) is 3.95. The third-order valence-electron chi connectivity index (χ3n) is 6.69. The van der Waals surface area contributed by atoms with E-state index in [2.05, 4.69) is 52.4 Å². The van der Waals surface area contributed by atoms with Crippen molar-refractivity contribution in [1.29, 1.82) is 0 Å². The van der Waals surface area contributed by atoms with Crippen LogP contribution in [0.15, 0.2) is 45.5 Å². The van der Waals surface area contributed by atoms with Crippen LogP contribution in [0, 0.1) is 5.92 Å². The van der Waals surface area contributed by atoms with Gasteiger partial charge in [-0.1, -0.05) is 17.8 Å². The third kappa shape index (κ3) is 4.26. The molecule has 0 saturated carbocycles. The van der Waals surface area contributed by atoms with E-state index < -0.39 is 0 Å². The van der Waals surface area contributed by atoms with Crippen molar-refractivity contribution in [3.8, 4) is 0 Å². The summed E-state index contributed by atoms with van der Waals surface area (Å²) in [4.78, 5) is 19.8. The summed E-state index contributed by atoms with van der Waals surface area (Å²) in [5.41, 5.74) is 1.24. The zero-order valence-corrected chi connectivity index (χ0v) is 19.0. The van der Waals surface area contributed by atoms with Crippen LogP contribution >= 0.6 is 23.1 Å². The Bertz CT molecular complexity index is 886. The highest BCUT2D eigenvalue weighted by Crippen LogP contribution is 2.36. The Kier molecular flexibility index (Phi) is 6.05. The van der Waals surface area contributed by atoms with Crippen LogP contribution in [0.5, 0.6) is 0 Å². The molecule has 0 spiro atoms. The van der Waals surface area contributed by atoms with Crippen molar-refractivity contribution in [3.63, 3.8) is 0 Å². The molecule has 4 aliphatic rings. The molecule has 1 amide bonds. The summed E-state index contributed by atoms with van der Waals surface area (Å²) in [5.74, 6) is 0.713. The van der Waals surface area contributed by atoms with Gasteiger partial charge < -0.3 is 15.0 Å². The molecule has 1 aromatic heterocycles. The SMILES string of the molecule is C[C@H]1[C@H](NC(=O)c2ccc(Sc3cccc(N4CCOCC4)c3)s2)C2CCN1CC2. The van der Waals surface area contributed by atoms with Crippen molar-refractivity contribution in [3.05, 3.63) is 41.3 Å². The van der Waals surface area contributed by atoms with Crippen molar-refractivity contribution >= 4 is 34.7 Å². The maximum atomic E-state index is 12.9. The average molecular weight is 444 g/mol. The minimum Gasteiger partial charge on any atom is -0.378 e. The molecule has 160 valence electrons. The molecule has 2 aromatic rings. The molecule has 5 nitrogen and oxygen atoms in total. The van der Waals surface area contributed by atoms with Gasteiger partial charge in [-0.2, -0.15) is 0 Å². The molecular formula is C23H29N3O2S2. The molecule has 0 radical (unpaired) electrons. The van der Waals surface area contributed by atoms with Gasteiger partial charge in [0.25, 0.3) is 5.91 Å². The van der Waals surface area contributed by atoms with E-state index in [4.69, 9.17) is 4.74 Å². The van der Waals surface area contributed by atoms with Gasteiger partial charge in [-0.3, -0.25) is 9.69 Å². The number of carbonyl (C=O) groups is 1. The van der Waals surface area contributed by atoms with Gasteiger partial charge in [0.1, 0.15) is 0 Å². The van der Waals surface area contributed by atoms with Crippen molar-refractivity contribution in [1.82, 2.24) is 10.2 Å². The molecule has 2 bridgehead atoms. The number of fused-ring (bicyclic) bond motifs is 3. The fraction of sp³-hybridized carbons (Fsp3) is 0.522. The fourth-order valence-electron chi connectivity index (χ4n) is 4.95. The number of ether oxygens (including phenoxy) is 1. The smallest absolute Gasteiger partial charge is 0.261 e. The summed E-state index contributed by atoms with van der Waals surface area (Å²) < 4.78 is 6.62. The molecule has 1 aromatic carbocycles. The normalized spacial score (nSPS) is 28.5. The zero-order valence-electron chi connectivity index (χ0n) is 17.4. The van der Waals surface area contributed by atoms with Gasteiger partial charge in [0.15, 0.2) is 0 Å². The molecule has 6 rings (SSSR count). The number of amides is 1. The number of rotatable bonds is 5. The maximum Gasteiger partial charge on any atom is 0.261 e. The number of carbonyl (C=O) groups excluding carboxylic acids is 1. The molecule has 0 aliphatic carbocycles. The topological polar surface area (TPSA) is 44.8 Å². The number of nitrogens with one attached hydrogen (secondary N) is 1. The van der Waals surface area contributed by atoms with Crippen LogP contribution in [0.3, 0.4) is 0 Å². The summed E-state index contributed by atoms with van der Waals surface area (Å²) in [7, 11) is 0. The second-order valence-corrected chi connectivity index (χ2v) is 10.9. The molecule has 1 N–H and O–H groups in total. The molecule has 0 unspecified atom stereocenters. The first-order chi connectivity index (χ1) is 14.7. The lowest BCUT2D eigenvalue weighted by Gasteiger charge is -2.49. The number of hydrogen-bond donors (Lipinski definition) is 1. The monoisotopic (exact) mass is 443 g/mol. The first-order valence-corrected chi connectivity index (χ1v) is 12.6. The Hall–Kier alpha value is -1.54. The zero-order chi connectivity index (χ0) is 20.5. The number of nitrogens with zero attached hydrogens (tertiary/aromatic N) is 2. The first-order valence-electron chi connectivity index (χ1n) is 10.9. The number of piperidine rings is 3. The van der Waals surface area contributed by atoms with Crippen LogP contribution < -0.4 is 10.2 Å². The van der Waals surface area contributed by atoms with E-state index in [1.807, 2.05) is 6.07 Å².